The maximum absolute atomic E-state index is 12.7. The Balaban J connectivity index is 0. The van der Waals surface area contributed by atoms with Crippen molar-refractivity contribution in [1.29, 1.82) is 0 Å². The van der Waals surface area contributed by atoms with E-state index in [1.54, 1.807) is 0 Å². The molecule has 0 radical (unpaired) electrons. The molecule has 1 amide bonds. The molecule has 0 aromatic rings. The van der Waals surface area contributed by atoms with E-state index in [-0.39, 0.29) is 30.2 Å². The largest absolute Gasteiger partial charge is 0.350 e. The van der Waals surface area contributed by atoms with E-state index in [0.29, 0.717) is 6.42 Å². The van der Waals surface area contributed by atoms with Gasteiger partial charge in [-0.05, 0) is 18.3 Å². The van der Waals surface area contributed by atoms with Gasteiger partial charge in [-0.2, -0.15) is 0 Å². The summed E-state index contributed by atoms with van der Waals surface area (Å²) in [6.07, 6.45) is 1.90. The summed E-state index contributed by atoms with van der Waals surface area (Å²) >= 11 is 0. The number of amides is 1. The van der Waals surface area contributed by atoms with Crippen LogP contribution in [0.1, 0.15) is 40.0 Å². The van der Waals surface area contributed by atoms with E-state index in [2.05, 4.69) is 26.1 Å². The van der Waals surface area contributed by atoms with Gasteiger partial charge < -0.3 is 11.1 Å². The fraction of sp³-hybridized carbons (Fsp3) is 0.909. The SMILES string of the molecule is CC(C)(C)CCCC(=O)NCC(F)(F)CN.Cl. The third kappa shape index (κ3) is 11.8. The molecule has 0 heterocycles. The molecule has 0 saturated carbocycles. The molecule has 6 heteroatoms. The molecule has 0 fully saturated rings. The molecule has 0 bridgehead atoms. The summed E-state index contributed by atoms with van der Waals surface area (Å²) in [5, 5.41) is 2.19. The minimum atomic E-state index is -3.00. The van der Waals surface area contributed by atoms with Crippen LogP contribution in [-0.2, 0) is 4.79 Å². The van der Waals surface area contributed by atoms with Crippen molar-refractivity contribution in [3.8, 4) is 0 Å². The third-order valence-corrected chi connectivity index (χ3v) is 2.17. The second-order valence-electron chi connectivity index (χ2n) is 5.25. The summed E-state index contributed by atoms with van der Waals surface area (Å²) in [5.41, 5.74) is 5.02. The summed E-state index contributed by atoms with van der Waals surface area (Å²) in [4.78, 5) is 11.2. The molecule has 0 atom stereocenters. The van der Waals surface area contributed by atoms with Crippen LogP contribution < -0.4 is 11.1 Å². The highest BCUT2D eigenvalue weighted by Gasteiger charge is 2.26. The molecule has 0 aromatic heterocycles. The molecule has 3 N–H and O–H groups in total. The number of nitrogens with two attached hydrogens (primary N) is 1. The van der Waals surface area contributed by atoms with E-state index in [1.807, 2.05) is 0 Å². The van der Waals surface area contributed by atoms with Crippen molar-refractivity contribution in [2.75, 3.05) is 13.1 Å². The first-order chi connectivity index (χ1) is 7.16. The van der Waals surface area contributed by atoms with Gasteiger partial charge in [0.1, 0.15) is 0 Å². The lowest BCUT2D eigenvalue weighted by Gasteiger charge is -2.18. The predicted octanol–water partition coefficient (Wildman–Crippen LogP) is 2.33. The van der Waals surface area contributed by atoms with Crippen molar-refractivity contribution in [2.45, 2.75) is 46.0 Å². The highest BCUT2D eigenvalue weighted by atomic mass is 35.5. The van der Waals surface area contributed by atoms with Crippen LogP contribution in [0.3, 0.4) is 0 Å². The van der Waals surface area contributed by atoms with Crippen LogP contribution >= 0.6 is 12.4 Å². The van der Waals surface area contributed by atoms with Crippen molar-refractivity contribution in [3.63, 3.8) is 0 Å². The number of carbonyl (C=O) groups excluding carboxylic acids is 1. The summed E-state index contributed by atoms with van der Waals surface area (Å²) in [6.45, 7) is 4.82. The molecule has 17 heavy (non-hydrogen) atoms. The van der Waals surface area contributed by atoms with Gasteiger partial charge in [0.2, 0.25) is 5.91 Å². The molecule has 104 valence electrons. The summed E-state index contributed by atoms with van der Waals surface area (Å²) in [7, 11) is 0. The van der Waals surface area contributed by atoms with Crippen LogP contribution in [0.2, 0.25) is 0 Å². The molecular formula is C11H23ClF2N2O. The summed E-state index contributed by atoms with van der Waals surface area (Å²) in [6, 6.07) is 0. The van der Waals surface area contributed by atoms with E-state index in [9.17, 15) is 13.6 Å². The molecule has 0 spiro atoms. The van der Waals surface area contributed by atoms with Gasteiger partial charge in [0, 0.05) is 6.42 Å². The normalized spacial score (nSPS) is 11.9. The standard InChI is InChI=1S/C11H22F2N2O.ClH/c1-10(2,3)6-4-5-9(16)15-8-11(12,13)7-14;/h4-8,14H2,1-3H3,(H,15,16);1H. The van der Waals surface area contributed by atoms with Crippen LogP contribution in [0.25, 0.3) is 0 Å². The molecular weight excluding hydrogens is 250 g/mol. The van der Waals surface area contributed by atoms with Crippen molar-refractivity contribution in [1.82, 2.24) is 5.32 Å². The lowest BCUT2D eigenvalue weighted by molar-refractivity contribution is -0.123. The number of halogens is 3. The number of rotatable bonds is 6. The van der Waals surface area contributed by atoms with Gasteiger partial charge >= 0.3 is 0 Å². The molecule has 0 aromatic carbocycles. The topological polar surface area (TPSA) is 55.1 Å². The fourth-order valence-corrected chi connectivity index (χ4v) is 1.17. The Morgan fingerprint density at radius 2 is 1.82 bits per heavy atom. The highest BCUT2D eigenvalue weighted by Crippen LogP contribution is 2.21. The van der Waals surface area contributed by atoms with Gasteiger partial charge in [0.15, 0.2) is 0 Å². The summed E-state index contributed by atoms with van der Waals surface area (Å²) in [5.74, 6) is -3.34. The zero-order valence-corrected chi connectivity index (χ0v) is 11.5. The van der Waals surface area contributed by atoms with Crippen LogP contribution in [0, 0.1) is 5.41 Å². The van der Waals surface area contributed by atoms with Gasteiger partial charge in [0.05, 0.1) is 13.1 Å². The van der Waals surface area contributed by atoms with Gasteiger partial charge in [-0.3, -0.25) is 4.79 Å². The van der Waals surface area contributed by atoms with Crippen molar-refractivity contribution in [2.24, 2.45) is 11.1 Å². The van der Waals surface area contributed by atoms with Gasteiger partial charge in [0.25, 0.3) is 5.92 Å². The number of alkyl halides is 2. The lowest BCUT2D eigenvalue weighted by Crippen LogP contribution is -2.41. The van der Waals surface area contributed by atoms with Crippen molar-refractivity contribution >= 4 is 18.3 Å². The first-order valence-electron chi connectivity index (χ1n) is 5.51. The number of hydrogen-bond donors (Lipinski definition) is 2. The Morgan fingerprint density at radius 1 is 1.29 bits per heavy atom. The van der Waals surface area contributed by atoms with E-state index >= 15 is 0 Å². The highest BCUT2D eigenvalue weighted by molar-refractivity contribution is 5.85. The molecule has 0 aliphatic rings. The van der Waals surface area contributed by atoms with Gasteiger partial charge in [-0.1, -0.05) is 20.8 Å². The molecule has 3 nitrogen and oxygen atoms in total. The van der Waals surface area contributed by atoms with Gasteiger partial charge in [-0.15, -0.1) is 12.4 Å². The lowest BCUT2D eigenvalue weighted by atomic mass is 9.90. The Morgan fingerprint density at radius 3 is 2.24 bits per heavy atom. The smallest absolute Gasteiger partial charge is 0.277 e. The Kier molecular flexibility index (Phi) is 8.71. The maximum Gasteiger partial charge on any atom is 0.277 e. The zero-order valence-electron chi connectivity index (χ0n) is 10.7. The fourth-order valence-electron chi connectivity index (χ4n) is 1.17. The third-order valence-electron chi connectivity index (χ3n) is 2.17. The number of nitrogens with one attached hydrogen (secondary N) is 1. The minimum absolute atomic E-state index is 0. The average Bonchev–Trinajstić information content (AvgIpc) is 2.13. The zero-order chi connectivity index (χ0) is 12.8. The Hall–Kier alpha value is -0.420. The number of carbonyl (C=O) groups is 1. The van der Waals surface area contributed by atoms with E-state index in [1.165, 1.54) is 0 Å². The first-order valence-corrected chi connectivity index (χ1v) is 5.51. The molecule has 0 aliphatic heterocycles. The van der Waals surface area contributed by atoms with Crippen LogP contribution in [0.4, 0.5) is 8.78 Å². The Labute approximate surface area is 108 Å². The molecule has 0 unspecified atom stereocenters. The van der Waals surface area contributed by atoms with Crippen molar-refractivity contribution in [3.05, 3.63) is 0 Å². The molecule has 0 rings (SSSR count). The van der Waals surface area contributed by atoms with E-state index in [0.717, 1.165) is 6.42 Å². The maximum atomic E-state index is 12.7. The molecule has 0 aliphatic carbocycles. The van der Waals surface area contributed by atoms with E-state index < -0.39 is 19.0 Å². The quantitative estimate of drug-likeness (QED) is 0.780. The van der Waals surface area contributed by atoms with Crippen LogP contribution in [-0.4, -0.2) is 24.9 Å². The average molecular weight is 273 g/mol. The first kappa shape index (κ1) is 18.9. The molecule has 0 saturated heterocycles. The second-order valence-corrected chi connectivity index (χ2v) is 5.25. The minimum Gasteiger partial charge on any atom is -0.350 e. The monoisotopic (exact) mass is 272 g/mol. The van der Waals surface area contributed by atoms with Crippen LogP contribution in [0.15, 0.2) is 0 Å². The summed E-state index contributed by atoms with van der Waals surface area (Å²) < 4.78 is 25.4. The predicted molar refractivity (Wildman–Crippen MR) is 67.6 cm³/mol. The second kappa shape index (κ2) is 7.82. The number of hydrogen-bond acceptors (Lipinski definition) is 2. The van der Waals surface area contributed by atoms with Crippen LogP contribution in [0.5, 0.6) is 0 Å². The Bertz CT molecular complexity index is 230. The van der Waals surface area contributed by atoms with Gasteiger partial charge in [-0.25, -0.2) is 8.78 Å². The van der Waals surface area contributed by atoms with Crippen molar-refractivity contribution < 1.29 is 13.6 Å². The van der Waals surface area contributed by atoms with E-state index in [4.69, 9.17) is 5.73 Å².